The first-order valence-electron chi connectivity index (χ1n) is 8.03. The molecule has 0 bridgehead atoms. The van der Waals surface area contributed by atoms with Crippen LogP contribution in [0.5, 0.6) is 0 Å². The van der Waals surface area contributed by atoms with Gasteiger partial charge in [0.2, 0.25) is 5.91 Å². The first-order chi connectivity index (χ1) is 11.5. The van der Waals surface area contributed by atoms with Gasteiger partial charge in [0.15, 0.2) is 5.78 Å². The van der Waals surface area contributed by atoms with E-state index in [4.69, 9.17) is 0 Å². The molecule has 0 aliphatic carbocycles. The molecule has 0 aliphatic heterocycles. The van der Waals surface area contributed by atoms with Crippen LogP contribution in [0.1, 0.15) is 48.2 Å². The molecule has 4 heteroatoms. The number of hydrogen-bond acceptors (Lipinski definition) is 3. The summed E-state index contributed by atoms with van der Waals surface area (Å²) in [6.07, 6.45) is 0. The minimum Gasteiger partial charge on any atom is -0.325 e. The van der Waals surface area contributed by atoms with Crippen LogP contribution >= 0.6 is 11.8 Å². The highest BCUT2D eigenvalue weighted by Crippen LogP contribution is 2.18. The van der Waals surface area contributed by atoms with Crippen LogP contribution in [-0.4, -0.2) is 17.4 Å². The molecule has 0 aromatic heterocycles. The molecule has 2 rings (SSSR count). The summed E-state index contributed by atoms with van der Waals surface area (Å²) in [5.41, 5.74) is 3.81. The fourth-order valence-corrected chi connectivity index (χ4v) is 3.06. The minimum atomic E-state index is -0.0560. The quantitative estimate of drug-likeness (QED) is 0.730. The van der Waals surface area contributed by atoms with Gasteiger partial charge in [-0.3, -0.25) is 9.59 Å². The van der Waals surface area contributed by atoms with Crippen LogP contribution in [0.3, 0.4) is 0 Å². The zero-order chi connectivity index (χ0) is 17.5. The first-order valence-corrected chi connectivity index (χ1v) is 9.18. The van der Waals surface area contributed by atoms with Gasteiger partial charge in [-0.1, -0.05) is 50.2 Å². The largest absolute Gasteiger partial charge is 0.325 e. The summed E-state index contributed by atoms with van der Waals surface area (Å²) in [5, 5.41) is 2.84. The van der Waals surface area contributed by atoms with Gasteiger partial charge in [0.25, 0.3) is 0 Å². The van der Waals surface area contributed by atoms with E-state index in [1.165, 1.54) is 18.1 Å². The lowest BCUT2D eigenvalue weighted by atomic mass is 10.0. The van der Waals surface area contributed by atoms with E-state index in [1.807, 2.05) is 0 Å². The maximum Gasteiger partial charge on any atom is 0.234 e. The van der Waals surface area contributed by atoms with E-state index >= 15 is 0 Å². The molecule has 3 nitrogen and oxygen atoms in total. The summed E-state index contributed by atoms with van der Waals surface area (Å²) in [4.78, 5) is 23.4. The van der Waals surface area contributed by atoms with Crippen molar-refractivity contribution in [2.45, 2.75) is 32.4 Å². The molecule has 0 fully saturated rings. The van der Waals surface area contributed by atoms with E-state index in [0.29, 0.717) is 22.9 Å². The average molecular weight is 341 g/mol. The van der Waals surface area contributed by atoms with Gasteiger partial charge >= 0.3 is 0 Å². The lowest BCUT2D eigenvalue weighted by Gasteiger charge is -2.08. The number of benzene rings is 2. The first kappa shape index (κ1) is 18.3. The van der Waals surface area contributed by atoms with Gasteiger partial charge < -0.3 is 5.32 Å². The maximum atomic E-state index is 12.0. The van der Waals surface area contributed by atoms with Crippen LogP contribution in [0, 0.1) is 0 Å². The van der Waals surface area contributed by atoms with Crippen LogP contribution in [-0.2, 0) is 10.5 Å². The third-order valence-electron chi connectivity index (χ3n) is 3.70. The second kappa shape index (κ2) is 8.69. The zero-order valence-corrected chi connectivity index (χ0v) is 15.2. The lowest BCUT2D eigenvalue weighted by Crippen LogP contribution is -2.14. The smallest absolute Gasteiger partial charge is 0.234 e. The van der Waals surface area contributed by atoms with Gasteiger partial charge in [-0.15, -0.1) is 11.8 Å². The Morgan fingerprint density at radius 2 is 1.79 bits per heavy atom. The van der Waals surface area contributed by atoms with Gasteiger partial charge in [0, 0.05) is 17.0 Å². The maximum absolute atomic E-state index is 12.0. The number of hydrogen-bond donors (Lipinski definition) is 1. The number of carbonyl (C=O) groups is 2. The Labute approximate surface area is 147 Å². The summed E-state index contributed by atoms with van der Waals surface area (Å²) in [6, 6.07) is 15.5. The molecular weight excluding hydrogens is 318 g/mol. The van der Waals surface area contributed by atoms with E-state index < -0.39 is 0 Å². The second-order valence-electron chi connectivity index (χ2n) is 6.07. The second-order valence-corrected chi connectivity index (χ2v) is 7.06. The standard InChI is InChI=1S/C20H23NO2S/c1-14(2)17-9-7-16(8-10-17)12-24-13-20(23)21-19-6-4-5-18(11-19)15(3)22/h4-11,14H,12-13H2,1-3H3,(H,21,23). The van der Waals surface area contributed by atoms with E-state index in [0.717, 1.165) is 5.75 Å². The minimum absolute atomic E-state index is 0.00896. The number of Topliss-reactive ketones (excluding diaryl/α,β-unsaturated/α-hetero) is 1. The highest BCUT2D eigenvalue weighted by molar-refractivity contribution is 7.99. The van der Waals surface area contributed by atoms with Crippen molar-refractivity contribution in [2.24, 2.45) is 0 Å². The van der Waals surface area contributed by atoms with Crippen molar-refractivity contribution in [3.05, 3.63) is 65.2 Å². The van der Waals surface area contributed by atoms with Crippen LogP contribution in [0.2, 0.25) is 0 Å². The van der Waals surface area contributed by atoms with E-state index in [2.05, 4.69) is 43.4 Å². The molecule has 0 spiro atoms. The predicted octanol–water partition coefficient (Wildman–Crippen LogP) is 4.88. The molecule has 2 aromatic rings. The molecule has 0 unspecified atom stereocenters. The van der Waals surface area contributed by atoms with E-state index in [9.17, 15) is 9.59 Å². The third kappa shape index (κ3) is 5.53. The molecule has 0 aliphatic rings. The number of amides is 1. The molecule has 0 saturated heterocycles. The molecule has 0 heterocycles. The van der Waals surface area contributed by atoms with Crippen molar-refractivity contribution in [3.8, 4) is 0 Å². The summed E-state index contributed by atoms with van der Waals surface area (Å²) in [6.45, 7) is 5.87. The molecule has 1 amide bonds. The molecule has 2 aromatic carbocycles. The van der Waals surface area contributed by atoms with Gasteiger partial charge in [-0.2, -0.15) is 0 Å². The zero-order valence-electron chi connectivity index (χ0n) is 14.3. The molecule has 24 heavy (non-hydrogen) atoms. The Bertz CT molecular complexity index is 708. The van der Waals surface area contributed by atoms with Crippen LogP contribution < -0.4 is 5.32 Å². The van der Waals surface area contributed by atoms with E-state index in [1.54, 1.807) is 36.0 Å². The van der Waals surface area contributed by atoms with Crippen molar-refractivity contribution in [2.75, 3.05) is 11.1 Å². The van der Waals surface area contributed by atoms with Crippen molar-refractivity contribution in [1.29, 1.82) is 0 Å². The summed E-state index contributed by atoms with van der Waals surface area (Å²) < 4.78 is 0. The Morgan fingerprint density at radius 1 is 1.08 bits per heavy atom. The fourth-order valence-electron chi connectivity index (χ4n) is 2.27. The molecule has 1 N–H and O–H groups in total. The fraction of sp³-hybridized carbons (Fsp3) is 0.300. The summed E-state index contributed by atoms with van der Waals surface area (Å²) in [5.74, 6) is 1.66. The number of thioether (sulfide) groups is 1. The van der Waals surface area contributed by atoms with Crippen molar-refractivity contribution in [1.82, 2.24) is 0 Å². The Balaban J connectivity index is 1.81. The highest BCUT2D eigenvalue weighted by atomic mass is 32.2. The number of anilines is 1. The lowest BCUT2D eigenvalue weighted by molar-refractivity contribution is -0.113. The van der Waals surface area contributed by atoms with Crippen molar-refractivity contribution < 1.29 is 9.59 Å². The molecule has 126 valence electrons. The average Bonchev–Trinajstić information content (AvgIpc) is 2.55. The Hall–Kier alpha value is -2.07. The molecule has 0 saturated carbocycles. The van der Waals surface area contributed by atoms with E-state index in [-0.39, 0.29) is 11.7 Å². The molecular formula is C20H23NO2S. The predicted molar refractivity (Wildman–Crippen MR) is 102 cm³/mol. The topological polar surface area (TPSA) is 46.2 Å². The summed E-state index contributed by atoms with van der Waals surface area (Å²) >= 11 is 1.58. The van der Waals surface area contributed by atoms with Crippen LogP contribution in [0.4, 0.5) is 5.69 Å². The van der Waals surface area contributed by atoms with Crippen molar-refractivity contribution >= 4 is 29.1 Å². The Kier molecular flexibility index (Phi) is 6.62. The van der Waals surface area contributed by atoms with Crippen molar-refractivity contribution in [3.63, 3.8) is 0 Å². The number of ketones is 1. The van der Waals surface area contributed by atoms with Crippen LogP contribution in [0.25, 0.3) is 0 Å². The SMILES string of the molecule is CC(=O)c1cccc(NC(=O)CSCc2ccc(C(C)C)cc2)c1. The van der Waals surface area contributed by atoms with Crippen LogP contribution in [0.15, 0.2) is 48.5 Å². The van der Waals surface area contributed by atoms with Gasteiger partial charge in [-0.25, -0.2) is 0 Å². The molecule has 0 atom stereocenters. The van der Waals surface area contributed by atoms with Gasteiger partial charge in [0.1, 0.15) is 0 Å². The third-order valence-corrected chi connectivity index (χ3v) is 4.70. The Morgan fingerprint density at radius 3 is 2.42 bits per heavy atom. The van der Waals surface area contributed by atoms with Gasteiger partial charge in [0.05, 0.1) is 5.75 Å². The normalized spacial score (nSPS) is 10.7. The number of rotatable bonds is 7. The molecule has 0 radical (unpaired) electrons. The van der Waals surface area contributed by atoms with Gasteiger partial charge in [-0.05, 0) is 36.1 Å². The monoisotopic (exact) mass is 341 g/mol. The number of carbonyl (C=O) groups excluding carboxylic acids is 2. The highest BCUT2D eigenvalue weighted by Gasteiger charge is 2.06. The summed E-state index contributed by atoms with van der Waals surface area (Å²) in [7, 11) is 0. The number of nitrogens with one attached hydrogen (secondary N) is 1.